The van der Waals surface area contributed by atoms with E-state index in [2.05, 4.69) is 15.3 Å². The molecule has 1 amide bonds. The molecule has 1 N–H and O–H groups in total. The van der Waals surface area contributed by atoms with Crippen LogP contribution in [-0.4, -0.2) is 50.9 Å². The number of nitrogens with one attached hydrogen (secondary N) is 1. The van der Waals surface area contributed by atoms with Crippen molar-refractivity contribution in [2.24, 2.45) is 0 Å². The van der Waals surface area contributed by atoms with E-state index in [1.54, 1.807) is 9.47 Å². The number of aromatic nitrogens is 3. The number of nitrogens with zero attached hydrogens (tertiary/aromatic N) is 4. The van der Waals surface area contributed by atoms with Crippen LogP contribution in [0.2, 0.25) is 0 Å². The molecule has 0 bridgehead atoms. The lowest BCUT2D eigenvalue weighted by Crippen LogP contribution is -2.43. The molecule has 1 saturated carbocycles. The molecule has 4 rings (SSSR count). The summed E-state index contributed by atoms with van der Waals surface area (Å²) in [6.07, 6.45) is -2.74. The van der Waals surface area contributed by atoms with Crippen molar-refractivity contribution in [3.63, 3.8) is 0 Å². The van der Waals surface area contributed by atoms with E-state index < -0.39 is 23.7 Å². The number of fused-ring (bicyclic) bond motifs is 1. The molecular weight excluding hydrogens is 397 g/mol. The number of carbonyl (C=O) groups excluding carboxylic acids is 1. The highest BCUT2D eigenvalue weighted by atomic mass is 19.4. The molecule has 158 valence electrons. The predicted molar refractivity (Wildman–Crippen MR) is 94.7 cm³/mol. The maximum atomic E-state index is 13.3. The summed E-state index contributed by atoms with van der Waals surface area (Å²) in [4.78, 5) is 22.1. The summed E-state index contributed by atoms with van der Waals surface area (Å²) in [5.41, 5.74) is -0.673. The molecule has 0 unspecified atom stereocenters. The second-order valence-corrected chi connectivity index (χ2v) is 7.61. The van der Waals surface area contributed by atoms with Gasteiger partial charge in [-0.15, -0.1) is 0 Å². The van der Waals surface area contributed by atoms with E-state index in [1.807, 2.05) is 0 Å². The molecule has 0 atom stereocenters. The fourth-order valence-corrected chi connectivity index (χ4v) is 3.62. The summed E-state index contributed by atoms with van der Waals surface area (Å²) in [6, 6.07) is 2.02. The number of piperidine rings is 1. The number of imidazole rings is 1. The number of pyridine rings is 1. The van der Waals surface area contributed by atoms with Gasteiger partial charge in [0.05, 0.1) is 6.54 Å². The van der Waals surface area contributed by atoms with Gasteiger partial charge in [0.1, 0.15) is 11.2 Å². The van der Waals surface area contributed by atoms with Gasteiger partial charge < -0.3 is 0 Å². The normalized spacial score (nSPS) is 20.6. The molecule has 11 heteroatoms. The Labute approximate surface area is 163 Å². The van der Waals surface area contributed by atoms with Gasteiger partial charge in [0.25, 0.3) is 5.92 Å². The van der Waals surface area contributed by atoms with E-state index in [1.165, 1.54) is 6.07 Å². The summed E-state index contributed by atoms with van der Waals surface area (Å²) in [6.45, 7) is 0.136. The molecule has 0 aromatic carbocycles. The van der Waals surface area contributed by atoms with Gasteiger partial charge in [-0.25, -0.2) is 18.7 Å². The molecule has 3 heterocycles. The zero-order valence-corrected chi connectivity index (χ0v) is 15.5. The van der Waals surface area contributed by atoms with E-state index in [-0.39, 0.29) is 55.6 Å². The molecule has 1 aliphatic carbocycles. The maximum Gasteiger partial charge on any atom is 0.433 e. The first kappa shape index (κ1) is 20.0. The highest BCUT2D eigenvalue weighted by Crippen LogP contribution is 2.38. The summed E-state index contributed by atoms with van der Waals surface area (Å²) < 4.78 is 67.2. The minimum absolute atomic E-state index is 0.0782. The van der Waals surface area contributed by atoms with Crippen molar-refractivity contribution in [1.29, 1.82) is 0 Å². The fourth-order valence-electron chi connectivity index (χ4n) is 3.62. The predicted octanol–water partition coefficient (Wildman–Crippen LogP) is 3.84. The minimum Gasteiger partial charge on any atom is -0.295 e. The van der Waals surface area contributed by atoms with Crippen molar-refractivity contribution in [2.75, 3.05) is 25.0 Å². The van der Waals surface area contributed by atoms with Gasteiger partial charge in [-0.1, -0.05) is 0 Å². The van der Waals surface area contributed by atoms with Crippen LogP contribution in [0.25, 0.3) is 11.2 Å². The zero-order valence-electron chi connectivity index (χ0n) is 15.5. The van der Waals surface area contributed by atoms with Gasteiger partial charge in [-0.05, 0) is 31.4 Å². The largest absolute Gasteiger partial charge is 0.433 e. The lowest BCUT2D eigenvalue weighted by atomic mass is 9.93. The molecule has 0 radical (unpaired) electrons. The third-order valence-electron chi connectivity index (χ3n) is 5.47. The molecule has 2 fully saturated rings. The third kappa shape index (κ3) is 4.19. The molecule has 2 aromatic heterocycles. The molecule has 1 saturated heterocycles. The number of alkyl halides is 5. The van der Waals surface area contributed by atoms with Gasteiger partial charge in [0.15, 0.2) is 5.65 Å². The first-order valence-electron chi connectivity index (χ1n) is 9.49. The standard InChI is InChI=1S/C18H20F5N5O/c19-17(20)6-8-27(9-7-17)10-14(29)26-16-24-12-4-5-13(18(21,22)23)25-15(12)28(16)11-2-1-3-11/h4-5,11H,1-3,6-10H2,(H,24,26,29). The van der Waals surface area contributed by atoms with Crippen molar-refractivity contribution in [2.45, 2.75) is 50.2 Å². The van der Waals surface area contributed by atoms with Crippen molar-refractivity contribution in [1.82, 2.24) is 19.4 Å². The first-order chi connectivity index (χ1) is 13.6. The zero-order chi connectivity index (χ0) is 20.8. The summed E-state index contributed by atoms with van der Waals surface area (Å²) in [5.74, 6) is -3.00. The average molecular weight is 417 g/mol. The van der Waals surface area contributed by atoms with E-state index in [0.717, 1.165) is 25.3 Å². The molecule has 2 aliphatic rings. The summed E-state index contributed by atoms with van der Waals surface area (Å²) in [5, 5.41) is 2.64. The number of carbonyl (C=O) groups is 1. The minimum atomic E-state index is -4.58. The number of hydrogen-bond donors (Lipinski definition) is 1. The fraction of sp³-hybridized carbons (Fsp3) is 0.611. The van der Waals surface area contributed by atoms with Crippen LogP contribution in [-0.2, 0) is 11.0 Å². The van der Waals surface area contributed by atoms with Crippen LogP contribution in [0.4, 0.5) is 27.9 Å². The van der Waals surface area contributed by atoms with Crippen LogP contribution >= 0.6 is 0 Å². The van der Waals surface area contributed by atoms with Crippen molar-refractivity contribution < 1.29 is 26.7 Å². The molecule has 1 aliphatic heterocycles. The number of rotatable bonds is 4. The van der Waals surface area contributed by atoms with Crippen LogP contribution < -0.4 is 5.32 Å². The van der Waals surface area contributed by atoms with Crippen LogP contribution in [0.5, 0.6) is 0 Å². The second-order valence-electron chi connectivity index (χ2n) is 7.61. The Morgan fingerprint density at radius 1 is 1.17 bits per heavy atom. The average Bonchev–Trinajstić information content (AvgIpc) is 2.92. The molecular formula is C18H20F5N5O. The Morgan fingerprint density at radius 3 is 2.45 bits per heavy atom. The van der Waals surface area contributed by atoms with Crippen molar-refractivity contribution in [3.8, 4) is 0 Å². The van der Waals surface area contributed by atoms with Gasteiger partial charge in [-0.2, -0.15) is 13.2 Å². The number of hydrogen-bond acceptors (Lipinski definition) is 4. The van der Waals surface area contributed by atoms with E-state index in [0.29, 0.717) is 0 Å². The lowest BCUT2D eigenvalue weighted by molar-refractivity contribution is -0.141. The summed E-state index contributed by atoms with van der Waals surface area (Å²) in [7, 11) is 0. The van der Waals surface area contributed by atoms with Crippen molar-refractivity contribution in [3.05, 3.63) is 17.8 Å². The molecule has 6 nitrogen and oxygen atoms in total. The Hall–Kier alpha value is -2.30. The summed E-state index contributed by atoms with van der Waals surface area (Å²) >= 11 is 0. The van der Waals surface area contributed by atoms with E-state index in [4.69, 9.17) is 0 Å². The topological polar surface area (TPSA) is 63.1 Å². The van der Waals surface area contributed by atoms with Gasteiger partial charge in [0.2, 0.25) is 11.9 Å². The van der Waals surface area contributed by atoms with Gasteiger partial charge in [-0.3, -0.25) is 19.6 Å². The van der Waals surface area contributed by atoms with Crippen LogP contribution in [0.1, 0.15) is 43.8 Å². The van der Waals surface area contributed by atoms with Gasteiger partial charge >= 0.3 is 6.18 Å². The number of anilines is 1. The Kier molecular flexibility index (Phi) is 4.96. The Balaban J connectivity index is 1.55. The smallest absolute Gasteiger partial charge is 0.295 e. The highest BCUT2D eigenvalue weighted by molar-refractivity contribution is 5.92. The van der Waals surface area contributed by atoms with Crippen LogP contribution in [0.3, 0.4) is 0 Å². The van der Waals surface area contributed by atoms with E-state index in [9.17, 15) is 26.7 Å². The van der Waals surface area contributed by atoms with E-state index >= 15 is 0 Å². The quantitative estimate of drug-likeness (QED) is 0.768. The lowest BCUT2D eigenvalue weighted by Gasteiger charge is -2.31. The number of halogens is 5. The number of likely N-dealkylation sites (tertiary alicyclic amines) is 1. The Morgan fingerprint density at radius 2 is 1.86 bits per heavy atom. The van der Waals surface area contributed by atoms with Crippen LogP contribution in [0.15, 0.2) is 12.1 Å². The molecule has 29 heavy (non-hydrogen) atoms. The molecule has 0 spiro atoms. The number of amides is 1. The van der Waals surface area contributed by atoms with Crippen molar-refractivity contribution >= 4 is 23.0 Å². The maximum absolute atomic E-state index is 13.3. The second kappa shape index (κ2) is 7.19. The highest BCUT2D eigenvalue weighted by Gasteiger charge is 2.36. The van der Waals surface area contributed by atoms with Gasteiger partial charge in [0, 0.05) is 32.0 Å². The first-order valence-corrected chi connectivity index (χ1v) is 9.49. The van der Waals surface area contributed by atoms with Crippen LogP contribution in [0, 0.1) is 0 Å². The molecule has 2 aromatic rings. The Bertz CT molecular complexity index is 911. The third-order valence-corrected chi connectivity index (χ3v) is 5.47. The monoisotopic (exact) mass is 417 g/mol. The SMILES string of the molecule is O=C(CN1CCC(F)(F)CC1)Nc1nc2ccc(C(F)(F)F)nc2n1C1CCC1.